The zero-order valence-corrected chi connectivity index (χ0v) is 15.9. The molecule has 2 rings (SSSR count). The monoisotopic (exact) mass is 384 g/mol. The lowest BCUT2D eigenvalue weighted by molar-refractivity contribution is -0.139. The number of esters is 1. The Morgan fingerprint density at radius 3 is 2.50 bits per heavy atom. The summed E-state index contributed by atoms with van der Waals surface area (Å²) in [6.07, 6.45) is 1.14. The minimum atomic E-state index is -3.71. The summed E-state index contributed by atoms with van der Waals surface area (Å²) in [6.45, 7) is 4.08. The highest BCUT2D eigenvalue weighted by Gasteiger charge is 2.36. The van der Waals surface area contributed by atoms with Crippen LogP contribution in [-0.2, 0) is 19.6 Å². The highest BCUT2D eigenvalue weighted by Crippen LogP contribution is 2.27. The van der Waals surface area contributed by atoms with Crippen molar-refractivity contribution in [2.75, 3.05) is 20.2 Å². The molecule has 0 heterocycles. The lowest BCUT2D eigenvalue weighted by atomic mass is 9.86. The highest BCUT2D eigenvalue weighted by molar-refractivity contribution is 7.89. The number of aryl methyl sites for hydroxylation is 1. The number of nitrogens with one attached hydrogen (secondary N) is 1. The van der Waals surface area contributed by atoms with Crippen LogP contribution in [0.25, 0.3) is 0 Å². The van der Waals surface area contributed by atoms with Crippen molar-refractivity contribution in [1.82, 2.24) is 9.62 Å². The van der Waals surface area contributed by atoms with Gasteiger partial charge in [-0.2, -0.15) is 0 Å². The van der Waals surface area contributed by atoms with Crippen LogP contribution in [0.4, 0.5) is 0 Å². The molecule has 1 aromatic rings. The molecule has 0 aromatic heterocycles. The van der Waals surface area contributed by atoms with Gasteiger partial charge in [0.2, 0.25) is 10.0 Å². The van der Waals surface area contributed by atoms with Crippen molar-refractivity contribution < 1.29 is 27.9 Å². The van der Waals surface area contributed by atoms with Crippen molar-refractivity contribution in [3.8, 4) is 0 Å². The SMILES string of the molecule is CCN(CC(=O)O)C1CC(NS(=O)(=O)c2ccc(C(=O)OC)c(C)c2)C1. The summed E-state index contributed by atoms with van der Waals surface area (Å²) in [6, 6.07) is 4.08. The van der Waals surface area contributed by atoms with Crippen LogP contribution in [0.3, 0.4) is 0 Å². The zero-order chi connectivity index (χ0) is 19.5. The largest absolute Gasteiger partial charge is 0.480 e. The highest BCUT2D eigenvalue weighted by atomic mass is 32.2. The summed E-state index contributed by atoms with van der Waals surface area (Å²) in [5, 5.41) is 8.90. The number of hydrogen-bond donors (Lipinski definition) is 2. The molecule has 0 atom stereocenters. The molecular formula is C17H24N2O6S. The number of sulfonamides is 1. The Kier molecular flexibility index (Phi) is 6.38. The summed E-state index contributed by atoms with van der Waals surface area (Å²) >= 11 is 0. The first kappa shape index (κ1) is 20.3. The fraction of sp³-hybridized carbons (Fsp3) is 0.529. The van der Waals surface area contributed by atoms with Gasteiger partial charge in [-0.25, -0.2) is 17.9 Å². The van der Waals surface area contributed by atoms with Gasteiger partial charge in [0, 0.05) is 12.1 Å². The van der Waals surface area contributed by atoms with Gasteiger partial charge in [-0.3, -0.25) is 9.69 Å². The number of carbonyl (C=O) groups is 2. The third kappa shape index (κ3) is 4.60. The Balaban J connectivity index is 2.01. The molecule has 1 aliphatic rings. The maximum atomic E-state index is 12.5. The average Bonchev–Trinajstić information content (AvgIpc) is 2.55. The first-order valence-electron chi connectivity index (χ1n) is 8.35. The van der Waals surface area contributed by atoms with Crippen molar-refractivity contribution in [2.45, 2.75) is 43.7 Å². The predicted octanol–water partition coefficient (Wildman–Crippen LogP) is 0.997. The summed E-state index contributed by atoms with van der Waals surface area (Å²) in [5.74, 6) is -1.41. The number of nitrogens with zero attached hydrogens (tertiary/aromatic N) is 1. The predicted molar refractivity (Wildman–Crippen MR) is 94.5 cm³/mol. The van der Waals surface area contributed by atoms with Crippen molar-refractivity contribution in [1.29, 1.82) is 0 Å². The Bertz CT molecular complexity index is 786. The molecule has 8 nitrogen and oxygen atoms in total. The number of likely N-dealkylation sites (N-methyl/N-ethyl adjacent to an activating group) is 1. The van der Waals surface area contributed by atoms with Crippen molar-refractivity contribution in [3.63, 3.8) is 0 Å². The number of rotatable bonds is 8. The molecule has 144 valence electrons. The number of carbonyl (C=O) groups excluding carboxylic acids is 1. The van der Waals surface area contributed by atoms with Crippen molar-refractivity contribution >= 4 is 22.0 Å². The maximum absolute atomic E-state index is 12.5. The lowest BCUT2D eigenvalue weighted by Gasteiger charge is -2.42. The molecule has 1 fully saturated rings. The van der Waals surface area contributed by atoms with E-state index in [1.54, 1.807) is 6.92 Å². The van der Waals surface area contributed by atoms with E-state index in [1.165, 1.54) is 25.3 Å². The van der Waals surface area contributed by atoms with Crippen LogP contribution in [0.15, 0.2) is 23.1 Å². The topological polar surface area (TPSA) is 113 Å². The molecule has 0 radical (unpaired) electrons. The van der Waals surface area contributed by atoms with E-state index >= 15 is 0 Å². The molecule has 0 spiro atoms. The van der Waals surface area contributed by atoms with E-state index in [2.05, 4.69) is 9.46 Å². The van der Waals surface area contributed by atoms with Gasteiger partial charge in [0.15, 0.2) is 0 Å². The van der Waals surface area contributed by atoms with Gasteiger partial charge in [0.25, 0.3) is 0 Å². The zero-order valence-electron chi connectivity index (χ0n) is 15.1. The van der Waals surface area contributed by atoms with E-state index in [0.717, 1.165) is 0 Å². The summed E-state index contributed by atoms with van der Waals surface area (Å²) in [5.41, 5.74) is 0.840. The molecule has 1 saturated carbocycles. The second kappa shape index (κ2) is 8.15. The van der Waals surface area contributed by atoms with E-state index in [0.29, 0.717) is 30.5 Å². The van der Waals surface area contributed by atoms with Gasteiger partial charge >= 0.3 is 11.9 Å². The average molecular weight is 384 g/mol. The molecule has 0 unspecified atom stereocenters. The standard InChI is InChI=1S/C17H24N2O6S/c1-4-19(10-16(20)21)13-8-12(9-13)18-26(23,24)14-5-6-15(11(2)7-14)17(22)25-3/h5-7,12-13,18H,4,8-10H2,1-3H3,(H,20,21). The number of carboxylic acid groups (broad SMARTS) is 1. The van der Waals surface area contributed by atoms with Gasteiger partial charge in [0.05, 0.1) is 24.1 Å². The maximum Gasteiger partial charge on any atom is 0.338 e. The lowest BCUT2D eigenvalue weighted by Crippen LogP contribution is -2.54. The van der Waals surface area contributed by atoms with Gasteiger partial charge in [-0.05, 0) is 50.1 Å². The fourth-order valence-corrected chi connectivity index (χ4v) is 4.43. The number of carboxylic acids is 1. The summed E-state index contributed by atoms with van der Waals surface area (Å²) in [7, 11) is -2.44. The van der Waals surface area contributed by atoms with Gasteiger partial charge in [-0.15, -0.1) is 0 Å². The van der Waals surface area contributed by atoms with Crippen LogP contribution in [-0.4, -0.2) is 62.6 Å². The molecule has 9 heteroatoms. The molecule has 1 aliphatic carbocycles. The van der Waals surface area contributed by atoms with Crippen LogP contribution in [0.5, 0.6) is 0 Å². The third-order valence-electron chi connectivity index (χ3n) is 4.61. The van der Waals surface area contributed by atoms with Gasteiger partial charge < -0.3 is 9.84 Å². The minimum Gasteiger partial charge on any atom is -0.480 e. The number of ether oxygens (including phenoxy) is 1. The Morgan fingerprint density at radius 1 is 1.35 bits per heavy atom. The van der Waals surface area contributed by atoms with Crippen LogP contribution < -0.4 is 4.72 Å². The second-order valence-electron chi connectivity index (χ2n) is 6.37. The normalized spacial score (nSPS) is 19.8. The molecule has 0 aliphatic heterocycles. The first-order chi connectivity index (χ1) is 12.2. The fourth-order valence-electron chi connectivity index (χ4n) is 3.08. The van der Waals surface area contributed by atoms with Crippen LogP contribution in [0.1, 0.15) is 35.7 Å². The smallest absolute Gasteiger partial charge is 0.338 e. The second-order valence-corrected chi connectivity index (χ2v) is 8.08. The van der Waals surface area contributed by atoms with E-state index < -0.39 is 22.0 Å². The molecule has 26 heavy (non-hydrogen) atoms. The Morgan fingerprint density at radius 2 is 2.00 bits per heavy atom. The van der Waals surface area contributed by atoms with Crippen LogP contribution in [0, 0.1) is 6.92 Å². The number of aliphatic carboxylic acids is 1. The Labute approximate surface area is 153 Å². The molecule has 0 amide bonds. The van der Waals surface area contributed by atoms with Gasteiger partial charge in [-0.1, -0.05) is 6.92 Å². The Hall–Kier alpha value is -1.97. The number of hydrogen-bond acceptors (Lipinski definition) is 6. The van der Waals surface area contributed by atoms with Gasteiger partial charge in [0.1, 0.15) is 0 Å². The number of benzene rings is 1. The van der Waals surface area contributed by atoms with Crippen molar-refractivity contribution in [3.05, 3.63) is 29.3 Å². The molecule has 2 N–H and O–H groups in total. The summed E-state index contributed by atoms with van der Waals surface area (Å²) < 4.78 is 32.4. The van der Waals surface area contributed by atoms with Crippen LogP contribution in [0.2, 0.25) is 0 Å². The molecule has 0 bridgehead atoms. The number of methoxy groups -OCH3 is 1. The molecular weight excluding hydrogens is 360 g/mol. The molecule has 0 saturated heterocycles. The minimum absolute atomic E-state index is 0.0468. The summed E-state index contributed by atoms with van der Waals surface area (Å²) in [4.78, 5) is 24.4. The van der Waals surface area contributed by atoms with E-state index in [9.17, 15) is 18.0 Å². The third-order valence-corrected chi connectivity index (χ3v) is 6.13. The van der Waals surface area contributed by atoms with E-state index in [4.69, 9.17) is 5.11 Å². The first-order valence-corrected chi connectivity index (χ1v) is 9.83. The van der Waals surface area contributed by atoms with E-state index in [1.807, 2.05) is 11.8 Å². The van der Waals surface area contributed by atoms with E-state index in [-0.39, 0.29) is 23.5 Å². The quantitative estimate of drug-likeness (QED) is 0.643. The van der Waals surface area contributed by atoms with Crippen LogP contribution >= 0.6 is 0 Å². The van der Waals surface area contributed by atoms with Crippen molar-refractivity contribution in [2.24, 2.45) is 0 Å². The molecule has 1 aromatic carbocycles.